The maximum absolute atomic E-state index is 12.0. The highest BCUT2D eigenvalue weighted by Gasteiger charge is 2.20. The zero-order valence-corrected chi connectivity index (χ0v) is 15.6. The van der Waals surface area contributed by atoms with E-state index in [1.807, 2.05) is 12.1 Å². The third-order valence-corrected chi connectivity index (χ3v) is 4.61. The van der Waals surface area contributed by atoms with E-state index in [1.165, 1.54) is 19.2 Å². The van der Waals surface area contributed by atoms with Crippen LogP contribution in [0.2, 0.25) is 0 Å². The van der Waals surface area contributed by atoms with E-state index in [1.54, 1.807) is 31.4 Å². The predicted molar refractivity (Wildman–Crippen MR) is 106 cm³/mol. The van der Waals surface area contributed by atoms with Gasteiger partial charge in [-0.15, -0.1) is 0 Å². The molecule has 8 nitrogen and oxygen atoms in total. The summed E-state index contributed by atoms with van der Waals surface area (Å²) in [7, 11) is 3.01. The molecule has 8 heteroatoms. The summed E-state index contributed by atoms with van der Waals surface area (Å²) in [6.07, 6.45) is 0. The van der Waals surface area contributed by atoms with Gasteiger partial charge in [-0.3, -0.25) is 5.10 Å². The van der Waals surface area contributed by atoms with E-state index in [4.69, 9.17) is 9.47 Å². The lowest BCUT2D eigenvalue weighted by Gasteiger charge is -2.08. The Bertz CT molecular complexity index is 1220. The van der Waals surface area contributed by atoms with Gasteiger partial charge in [0.05, 0.1) is 36.6 Å². The highest BCUT2D eigenvalue weighted by Crippen LogP contribution is 2.35. The van der Waals surface area contributed by atoms with Crippen LogP contribution in [-0.2, 0) is 0 Å². The SMILES string of the molecule is COc1ccc(-c2[nH]nc3nc(-c4ccc(O)c(OC)c4)cc(C(=O)O)c23)cc1. The Morgan fingerprint density at radius 2 is 1.72 bits per heavy atom. The van der Waals surface area contributed by atoms with Crippen LogP contribution in [0.25, 0.3) is 33.5 Å². The van der Waals surface area contributed by atoms with Gasteiger partial charge in [0.2, 0.25) is 0 Å². The maximum Gasteiger partial charge on any atom is 0.336 e. The number of aromatic carboxylic acids is 1. The number of phenolic OH excluding ortho intramolecular Hbond substituents is 1. The highest BCUT2D eigenvalue weighted by molar-refractivity contribution is 6.08. The normalized spacial score (nSPS) is 10.8. The van der Waals surface area contributed by atoms with Crippen molar-refractivity contribution in [2.45, 2.75) is 0 Å². The number of H-pyrrole nitrogens is 1. The number of carboxylic acid groups (broad SMARTS) is 1. The molecule has 0 aliphatic carbocycles. The van der Waals surface area contributed by atoms with E-state index < -0.39 is 5.97 Å². The summed E-state index contributed by atoms with van der Waals surface area (Å²) in [5.41, 5.74) is 2.66. The van der Waals surface area contributed by atoms with Gasteiger partial charge in [-0.05, 0) is 48.5 Å². The fourth-order valence-electron chi connectivity index (χ4n) is 3.14. The van der Waals surface area contributed by atoms with Crippen LogP contribution in [-0.4, -0.2) is 45.6 Å². The van der Waals surface area contributed by atoms with Crippen LogP contribution < -0.4 is 9.47 Å². The van der Waals surface area contributed by atoms with Crippen LogP contribution in [0.3, 0.4) is 0 Å². The Morgan fingerprint density at radius 3 is 2.38 bits per heavy atom. The molecule has 0 amide bonds. The van der Waals surface area contributed by atoms with E-state index in [9.17, 15) is 15.0 Å². The molecular formula is C21H17N3O5. The molecular weight excluding hydrogens is 374 g/mol. The van der Waals surface area contributed by atoms with Crippen molar-refractivity contribution in [1.29, 1.82) is 0 Å². The average Bonchev–Trinajstić information content (AvgIpc) is 3.17. The molecule has 29 heavy (non-hydrogen) atoms. The fraction of sp³-hybridized carbons (Fsp3) is 0.0952. The zero-order chi connectivity index (χ0) is 20.5. The summed E-state index contributed by atoms with van der Waals surface area (Å²) in [6, 6.07) is 13.4. The van der Waals surface area contributed by atoms with Crippen LogP contribution in [0, 0.1) is 0 Å². The minimum Gasteiger partial charge on any atom is -0.504 e. The molecule has 146 valence electrons. The first-order valence-corrected chi connectivity index (χ1v) is 8.66. The largest absolute Gasteiger partial charge is 0.504 e. The first-order chi connectivity index (χ1) is 14.0. The molecule has 4 rings (SSSR count). The number of rotatable bonds is 5. The Hall–Kier alpha value is -4.07. The maximum atomic E-state index is 12.0. The van der Waals surface area contributed by atoms with Crippen molar-refractivity contribution in [2.24, 2.45) is 0 Å². The Kier molecular flexibility index (Phi) is 4.52. The van der Waals surface area contributed by atoms with Gasteiger partial charge >= 0.3 is 5.97 Å². The molecule has 0 bridgehead atoms. The first-order valence-electron chi connectivity index (χ1n) is 8.66. The van der Waals surface area contributed by atoms with Crippen molar-refractivity contribution in [1.82, 2.24) is 15.2 Å². The smallest absolute Gasteiger partial charge is 0.336 e. The predicted octanol–water partition coefficient (Wildman–Crippen LogP) is 3.71. The molecule has 0 radical (unpaired) electrons. The molecule has 2 aromatic heterocycles. The number of aromatic amines is 1. The quantitative estimate of drug-likeness (QED) is 0.475. The van der Waals surface area contributed by atoms with Gasteiger partial charge in [-0.1, -0.05) is 0 Å². The minimum atomic E-state index is -1.10. The lowest BCUT2D eigenvalue weighted by molar-refractivity contribution is 0.0699. The van der Waals surface area contributed by atoms with Gasteiger partial charge in [-0.2, -0.15) is 5.10 Å². The van der Waals surface area contributed by atoms with Crippen molar-refractivity contribution >= 4 is 17.0 Å². The van der Waals surface area contributed by atoms with E-state index in [0.29, 0.717) is 28.1 Å². The van der Waals surface area contributed by atoms with E-state index >= 15 is 0 Å². The highest BCUT2D eigenvalue weighted by atomic mass is 16.5. The number of hydrogen-bond donors (Lipinski definition) is 3. The number of phenols is 1. The van der Waals surface area contributed by atoms with Crippen molar-refractivity contribution in [3.8, 4) is 39.8 Å². The summed E-state index contributed by atoms with van der Waals surface area (Å²) >= 11 is 0. The number of pyridine rings is 1. The second-order valence-electron chi connectivity index (χ2n) is 6.27. The van der Waals surface area contributed by atoms with Crippen LogP contribution in [0.1, 0.15) is 10.4 Å². The van der Waals surface area contributed by atoms with Gasteiger partial charge in [0.25, 0.3) is 0 Å². The number of nitrogens with zero attached hydrogens (tertiary/aromatic N) is 2. The van der Waals surface area contributed by atoms with Gasteiger partial charge in [0, 0.05) is 11.1 Å². The molecule has 4 aromatic rings. The van der Waals surface area contributed by atoms with Crippen LogP contribution in [0.15, 0.2) is 48.5 Å². The molecule has 0 aliphatic heterocycles. The second-order valence-corrected chi connectivity index (χ2v) is 6.27. The molecule has 0 unspecified atom stereocenters. The molecule has 0 fully saturated rings. The summed E-state index contributed by atoms with van der Waals surface area (Å²) in [5.74, 6) is -0.155. The average molecular weight is 391 g/mol. The number of fused-ring (bicyclic) bond motifs is 1. The van der Waals surface area contributed by atoms with Crippen LogP contribution in [0.5, 0.6) is 17.2 Å². The van der Waals surface area contributed by atoms with Crippen molar-refractivity contribution in [2.75, 3.05) is 14.2 Å². The standard InChI is InChI=1S/C21H17N3O5/c1-28-13-6-3-11(4-7-13)19-18-14(21(26)27)10-15(22-20(18)24-23-19)12-5-8-16(25)17(9-12)29-2/h3-10,25H,1-2H3,(H,26,27)(H,22,23,24). The first kappa shape index (κ1) is 18.3. The van der Waals surface area contributed by atoms with Crippen molar-refractivity contribution < 1.29 is 24.5 Å². The fourth-order valence-corrected chi connectivity index (χ4v) is 3.14. The lowest BCUT2D eigenvalue weighted by Crippen LogP contribution is -2.00. The molecule has 2 heterocycles. The number of ether oxygens (including phenoxy) is 2. The van der Waals surface area contributed by atoms with Gasteiger partial charge < -0.3 is 19.7 Å². The molecule has 0 aliphatic rings. The van der Waals surface area contributed by atoms with Crippen molar-refractivity contribution in [3.05, 3.63) is 54.1 Å². The number of aromatic hydroxyl groups is 1. The molecule has 0 spiro atoms. The van der Waals surface area contributed by atoms with Gasteiger partial charge in [0.1, 0.15) is 5.75 Å². The molecule has 2 aromatic carbocycles. The molecule has 0 saturated carbocycles. The Morgan fingerprint density at radius 1 is 1.00 bits per heavy atom. The summed E-state index contributed by atoms with van der Waals surface area (Å²) in [4.78, 5) is 16.5. The summed E-state index contributed by atoms with van der Waals surface area (Å²) in [5, 5.41) is 27.1. The Labute approximate surface area is 165 Å². The lowest BCUT2D eigenvalue weighted by atomic mass is 10.0. The van der Waals surface area contributed by atoms with Gasteiger partial charge in [0.15, 0.2) is 17.1 Å². The number of carboxylic acids is 1. The number of nitrogens with one attached hydrogen (secondary N) is 1. The number of methoxy groups -OCH3 is 2. The van der Waals surface area contributed by atoms with E-state index in [-0.39, 0.29) is 22.7 Å². The Balaban J connectivity index is 1.90. The summed E-state index contributed by atoms with van der Waals surface area (Å²) in [6.45, 7) is 0. The number of carbonyl (C=O) groups is 1. The monoisotopic (exact) mass is 391 g/mol. The number of hydrogen-bond acceptors (Lipinski definition) is 6. The van der Waals surface area contributed by atoms with Crippen LogP contribution >= 0.6 is 0 Å². The van der Waals surface area contributed by atoms with Crippen molar-refractivity contribution in [3.63, 3.8) is 0 Å². The topological polar surface area (TPSA) is 118 Å². The second kappa shape index (κ2) is 7.16. The van der Waals surface area contributed by atoms with E-state index in [2.05, 4.69) is 15.2 Å². The van der Waals surface area contributed by atoms with E-state index in [0.717, 1.165) is 5.56 Å². The molecule has 3 N–H and O–H groups in total. The molecule has 0 saturated heterocycles. The number of aromatic nitrogens is 3. The third kappa shape index (κ3) is 3.20. The number of benzene rings is 2. The zero-order valence-electron chi connectivity index (χ0n) is 15.6. The third-order valence-electron chi connectivity index (χ3n) is 4.61. The van der Waals surface area contributed by atoms with Crippen LogP contribution in [0.4, 0.5) is 0 Å². The molecule has 0 atom stereocenters. The summed E-state index contributed by atoms with van der Waals surface area (Å²) < 4.78 is 10.3. The minimum absolute atomic E-state index is 0.0163. The van der Waals surface area contributed by atoms with Gasteiger partial charge in [-0.25, -0.2) is 9.78 Å².